The fraction of sp³-hybridized carbons (Fsp3) is 0.417. The van der Waals surface area contributed by atoms with E-state index >= 15 is 0 Å². The predicted octanol–water partition coefficient (Wildman–Crippen LogP) is 3.84. The maximum atomic E-state index is 12.3. The highest BCUT2D eigenvalue weighted by Gasteiger charge is 2.27. The molecule has 0 saturated carbocycles. The van der Waals surface area contributed by atoms with Crippen molar-refractivity contribution < 1.29 is 19.4 Å². The number of carbonyl (C=O) groups excluding carboxylic acids is 2. The maximum Gasteiger partial charge on any atom is 0.407 e. The van der Waals surface area contributed by atoms with E-state index in [0.29, 0.717) is 12.8 Å². The number of aliphatic hydroxyl groups is 1. The Labute approximate surface area is 173 Å². The fourth-order valence-electron chi connectivity index (χ4n) is 3.14. The highest BCUT2D eigenvalue weighted by molar-refractivity contribution is 5.68. The first-order valence-electron chi connectivity index (χ1n) is 9.90. The van der Waals surface area contributed by atoms with Crippen molar-refractivity contribution in [3.63, 3.8) is 0 Å². The topological polar surface area (TPSA) is 75.6 Å². The summed E-state index contributed by atoms with van der Waals surface area (Å²) >= 11 is 0. The van der Waals surface area contributed by atoms with E-state index in [9.17, 15) is 14.7 Å². The number of rotatable bonds is 9. The van der Waals surface area contributed by atoms with Crippen LogP contribution in [0.15, 0.2) is 60.7 Å². The van der Waals surface area contributed by atoms with Crippen LogP contribution >= 0.6 is 0 Å². The van der Waals surface area contributed by atoms with E-state index in [2.05, 4.69) is 5.32 Å². The lowest BCUT2D eigenvalue weighted by Gasteiger charge is -2.28. The monoisotopic (exact) mass is 396 g/mol. The first-order valence-corrected chi connectivity index (χ1v) is 9.90. The lowest BCUT2D eigenvalue weighted by molar-refractivity contribution is 0.0403. The molecule has 2 rings (SSSR count). The van der Waals surface area contributed by atoms with Gasteiger partial charge in [0.25, 0.3) is 0 Å². The largest absolute Gasteiger partial charge is 0.444 e. The Morgan fingerprint density at radius 3 is 2.00 bits per heavy atom. The molecule has 0 heterocycles. The Hall–Kier alpha value is -2.66. The van der Waals surface area contributed by atoms with Gasteiger partial charge in [-0.3, -0.25) is 4.79 Å². The van der Waals surface area contributed by atoms with Crippen molar-refractivity contribution in [2.24, 2.45) is 5.92 Å². The number of ether oxygens (including phenoxy) is 1. The third-order valence-corrected chi connectivity index (χ3v) is 4.48. The van der Waals surface area contributed by atoms with Gasteiger partial charge in [0.1, 0.15) is 5.60 Å². The van der Waals surface area contributed by atoms with E-state index in [1.165, 1.54) is 0 Å². The van der Waals surface area contributed by atoms with Crippen molar-refractivity contribution in [1.29, 1.82) is 0 Å². The number of hydrogen-bond donors (Lipinski definition) is 2. The maximum absolute atomic E-state index is 12.3. The summed E-state index contributed by atoms with van der Waals surface area (Å²) in [6.07, 6.45) is 1.65. The van der Waals surface area contributed by atoms with Crippen LogP contribution in [0.4, 0.5) is 4.79 Å². The third-order valence-electron chi connectivity index (χ3n) is 4.48. The van der Waals surface area contributed by atoms with Gasteiger partial charge in [0.15, 0.2) is 0 Å². The van der Waals surface area contributed by atoms with E-state index < -0.39 is 29.8 Å². The van der Waals surface area contributed by atoms with E-state index in [1.807, 2.05) is 66.9 Å². The van der Waals surface area contributed by atoms with Crippen LogP contribution in [-0.2, 0) is 22.4 Å². The summed E-state index contributed by atoms with van der Waals surface area (Å²) in [5.41, 5.74) is 1.34. The van der Waals surface area contributed by atoms with E-state index in [-0.39, 0.29) is 6.42 Å². The average Bonchev–Trinajstić information content (AvgIpc) is 2.67. The zero-order chi connectivity index (χ0) is 21.3. The summed E-state index contributed by atoms with van der Waals surface area (Å²) in [6.45, 7) is 5.35. The summed E-state index contributed by atoms with van der Waals surface area (Å²) < 4.78 is 5.34. The minimum Gasteiger partial charge on any atom is -0.444 e. The molecule has 0 spiro atoms. The van der Waals surface area contributed by atoms with E-state index in [1.54, 1.807) is 20.8 Å². The molecule has 155 valence electrons. The number of nitrogens with one attached hydrogen (secondary N) is 1. The van der Waals surface area contributed by atoms with Crippen LogP contribution in [0.3, 0.4) is 0 Å². The number of amides is 1. The minimum absolute atomic E-state index is 0.200. The van der Waals surface area contributed by atoms with Crippen LogP contribution < -0.4 is 5.32 Å². The van der Waals surface area contributed by atoms with Gasteiger partial charge < -0.3 is 15.2 Å². The molecular formula is C24H30NO4. The number of hydrogen-bond acceptors (Lipinski definition) is 4. The van der Waals surface area contributed by atoms with Crippen molar-refractivity contribution in [3.8, 4) is 0 Å². The third kappa shape index (κ3) is 8.48. The van der Waals surface area contributed by atoms with Crippen LogP contribution in [0.25, 0.3) is 0 Å². The lowest BCUT2D eigenvalue weighted by Crippen LogP contribution is -2.47. The second-order valence-electron chi connectivity index (χ2n) is 8.25. The van der Waals surface area contributed by atoms with Crippen molar-refractivity contribution >= 4 is 12.4 Å². The fourth-order valence-corrected chi connectivity index (χ4v) is 3.14. The van der Waals surface area contributed by atoms with Gasteiger partial charge >= 0.3 is 6.09 Å². The number of benzene rings is 2. The zero-order valence-electron chi connectivity index (χ0n) is 17.3. The minimum atomic E-state index is -0.919. The standard InChI is InChI=1S/C24H30NO4/c1-24(2,3)29-23(28)25-21(15-19-12-8-5-9-13-19)22(27)16-20(17-26)14-18-10-6-4-7-11-18/h4-13,20-22,27H,14-16H2,1-3H3,(H,25,28). The SMILES string of the molecule is CC(C)(C)OC(=O)NC(Cc1ccccc1)C(O)CC([C]=O)Cc1ccccc1. The molecule has 3 atom stereocenters. The van der Waals surface area contributed by atoms with Gasteiger partial charge in [-0.15, -0.1) is 0 Å². The van der Waals surface area contributed by atoms with Gasteiger partial charge in [-0.2, -0.15) is 0 Å². The summed E-state index contributed by atoms with van der Waals surface area (Å²) in [4.78, 5) is 23.8. The first-order chi connectivity index (χ1) is 13.8. The smallest absolute Gasteiger partial charge is 0.407 e. The molecule has 0 fully saturated rings. The van der Waals surface area contributed by atoms with Crippen molar-refractivity contribution in [3.05, 3.63) is 71.8 Å². The Kier molecular flexibility index (Phi) is 8.40. The number of alkyl carbamates (subject to hydrolysis) is 1. The second-order valence-corrected chi connectivity index (χ2v) is 8.25. The van der Waals surface area contributed by atoms with Gasteiger partial charge in [0, 0.05) is 5.92 Å². The van der Waals surface area contributed by atoms with E-state index in [4.69, 9.17) is 4.74 Å². The van der Waals surface area contributed by atoms with Crippen LogP contribution in [-0.4, -0.2) is 35.2 Å². The van der Waals surface area contributed by atoms with Crippen LogP contribution in [0.5, 0.6) is 0 Å². The normalized spacial score (nSPS) is 14.5. The quantitative estimate of drug-likeness (QED) is 0.675. The molecule has 0 aliphatic heterocycles. The Morgan fingerprint density at radius 1 is 1.00 bits per heavy atom. The number of carbonyl (C=O) groups is 1. The van der Waals surface area contributed by atoms with Gasteiger partial charge in [0.05, 0.1) is 12.1 Å². The Bertz CT molecular complexity index is 755. The Morgan fingerprint density at radius 2 is 1.52 bits per heavy atom. The highest BCUT2D eigenvalue weighted by atomic mass is 16.6. The van der Waals surface area contributed by atoms with Crippen LogP contribution in [0.2, 0.25) is 0 Å². The second kappa shape index (κ2) is 10.8. The van der Waals surface area contributed by atoms with Crippen molar-refractivity contribution in [2.75, 3.05) is 0 Å². The molecule has 2 N–H and O–H groups in total. The van der Waals surface area contributed by atoms with Crippen LogP contribution in [0.1, 0.15) is 38.3 Å². The molecule has 5 heteroatoms. The molecule has 0 bridgehead atoms. The molecule has 1 radical (unpaired) electrons. The molecule has 1 amide bonds. The molecule has 2 aromatic carbocycles. The zero-order valence-corrected chi connectivity index (χ0v) is 17.3. The van der Waals surface area contributed by atoms with Gasteiger partial charge in [-0.1, -0.05) is 60.7 Å². The molecule has 0 aliphatic rings. The van der Waals surface area contributed by atoms with Crippen LogP contribution in [0, 0.1) is 5.92 Å². The molecule has 29 heavy (non-hydrogen) atoms. The first kappa shape index (κ1) is 22.6. The van der Waals surface area contributed by atoms with Crippen molar-refractivity contribution in [2.45, 2.75) is 57.8 Å². The summed E-state index contributed by atoms with van der Waals surface area (Å²) in [6, 6.07) is 18.6. The van der Waals surface area contributed by atoms with Gasteiger partial charge in [0.2, 0.25) is 6.29 Å². The van der Waals surface area contributed by atoms with E-state index in [0.717, 1.165) is 11.1 Å². The Balaban J connectivity index is 2.08. The summed E-state index contributed by atoms with van der Waals surface area (Å²) in [7, 11) is 0. The molecule has 2 aromatic rings. The summed E-state index contributed by atoms with van der Waals surface area (Å²) in [5, 5.41) is 13.6. The molecular weight excluding hydrogens is 366 g/mol. The number of aliphatic hydroxyl groups excluding tert-OH is 1. The average molecular weight is 397 g/mol. The molecule has 0 saturated heterocycles. The summed E-state index contributed by atoms with van der Waals surface area (Å²) in [5.74, 6) is -0.467. The van der Waals surface area contributed by atoms with Gasteiger partial charge in [-0.05, 0) is 51.2 Å². The molecule has 3 unspecified atom stereocenters. The highest BCUT2D eigenvalue weighted by Crippen LogP contribution is 2.17. The molecule has 0 aromatic heterocycles. The lowest BCUT2D eigenvalue weighted by atomic mass is 9.90. The van der Waals surface area contributed by atoms with Gasteiger partial charge in [-0.25, -0.2) is 4.79 Å². The molecule has 5 nitrogen and oxygen atoms in total. The van der Waals surface area contributed by atoms with Crippen molar-refractivity contribution in [1.82, 2.24) is 5.32 Å². The molecule has 0 aliphatic carbocycles. The predicted molar refractivity (Wildman–Crippen MR) is 113 cm³/mol.